The normalized spacial score (nSPS) is 43.6. The minimum Gasteiger partial charge on any atom is -0.383 e. The van der Waals surface area contributed by atoms with E-state index in [1.807, 2.05) is 23.5 Å². The number of aliphatic hydroxyl groups excluding tert-OH is 1. The van der Waals surface area contributed by atoms with Crippen molar-refractivity contribution in [2.45, 2.75) is 62.9 Å². The minimum atomic E-state index is -1.32. The van der Waals surface area contributed by atoms with Crippen LogP contribution in [-0.2, 0) is 0 Å². The van der Waals surface area contributed by atoms with Gasteiger partial charge in [0.2, 0.25) is 0 Å². The van der Waals surface area contributed by atoms with Gasteiger partial charge in [0.05, 0.1) is 4.58 Å². The van der Waals surface area contributed by atoms with Gasteiger partial charge in [0, 0.05) is 11.8 Å². The van der Waals surface area contributed by atoms with Crippen molar-refractivity contribution in [3.05, 3.63) is 23.8 Å². The summed E-state index contributed by atoms with van der Waals surface area (Å²) in [6.07, 6.45) is 8.44. The van der Waals surface area contributed by atoms with Crippen LogP contribution < -0.4 is 0 Å². The monoisotopic (exact) mass is 370 g/mol. The molecule has 136 valence electrons. The Bertz CT molecular complexity index is 541. The SMILES string of the molecule is CC1=CCC2C(C)(CC(O)O)C=CCC2(C)C1(O)C1SCCCS1. The van der Waals surface area contributed by atoms with Crippen LogP contribution in [0, 0.1) is 16.7 Å². The third-order valence-electron chi connectivity index (χ3n) is 6.53. The van der Waals surface area contributed by atoms with Crippen LogP contribution in [0.1, 0.15) is 46.5 Å². The first-order valence-electron chi connectivity index (χ1n) is 8.91. The van der Waals surface area contributed by atoms with Crippen molar-refractivity contribution >= 4 is 23.5 Å². The van der Waals surface area contributed by atoms with Gasteiger partial charge in [-0.2, -0.15) is 0 Å². The van der Waals surface area contributed by atoms with Gasteiger partial charge >= 0.3 is 0 Å². The van der Waals surface area contributed by atoms with E-state index in [4.69, 9.17) is 0 Å². The first-order valence-corrected chi connectivity index (χ1v) is 11.0. The van der Waals surface area contributed by atoms with Crippen molar-refractivity contribution < 1.29 is 15.3 Å². The van der Waals surface area contributed by atoms with Gasteiger partial charge < -0.3 is 15.3 Å². The molecule has 0 saturated carbocycles. The van der Waals surface area contributed by atoms with Crippen molar-refractivity contribution in [3.8, 4) is 0 Å². The molecule has 0 aromatic carbocycles. The van der Waals surface area contributed by atoms with E-state index < -0.39 is 11.9 Å². The second kappa shape index (κ2) is 6.66. The van der Waals surface area contributed by atoms with E-state index in [2.05, 4.69) is 39.0 Å². The van der Waals surface area contributed by atoms with Crippen molar-refractivity contribution in [1.29, 1.82) is 0 Å². The van der Waals surface area contributed by atoms with Crippen LogP contribution in [-0.4, -0.2) is 43.3 Å². The summed E-state index contributed by atoms with van der Waals surface area (Å²) in [7, 11) is 0. The fourth-order valence-corrected chi connectivity index (χ4v) is 8.79. The fourth-order valence-electron chi connectivity index (χ4n) is 5.20. The summed E-state index contributed by atoms with van der Waals surface area (Å²) in [6, 6.07) is 0. The van der Waals surface area contributed by atoms with Gasteiger partial charge in [-0.1, -0.05) is 32.1 Å². The van der Waals surface area contributed by atoms with Crippen LogP contribution in [0.2, 0.25) is 0 Å². The standard InChI is InChI=1S/C19H30O3S2/c1-13-6-7-14-17(2,12-15(20)21)8-4-9-18(14,3)19(13,22)16-23-10-5-11-24-16/h4,6,8,14-16,20-22H,5,7,9-12H2,1-3H3. The molecule has 0 radical (unpaired) electrons. The second-order valence-electron chi connectivity index (χ2n) is 8.08. The number of aliphatic hydroxyl groups is 3. The minimum absolute atomic E-state index is 0.157. The highest BCUT2D eigenvalue weighted by Gasteiger charge is 2.62. The summed E-state index contributed by atoms with van der Waals surface area (Å²) >= 11 is 3.78. The molecule has 4 unspecified atom stereocenters. The molecule has 3 N–H and O–H groups in total. The molecular formula is C19H30O3S2. The lowest BCUT2D eigenvalue weighted by molar-refractivity contribution is -0.131. The highest BCUT2D eigenvalue weighted by molar-refractivity contribution is 8.17. The Kier molecular flexibility index (Phi) is 5.23. The van der Waals surface area contributed by atoms with Crippen molar-refractivity contribution in [1.82, 2.24) is 0 Å². The molecule has 4 atom stereocenters. The van der Waals surface area contributed by atoms with Crippen LogP contribution in [0.3, 0.4) is 0 Å². The Morgan fingerprint density at radius 2 is 1.92 bits per heavy atom. The highest BCUT2D eigenvalue weighted by Crippen LogP contribution is 2.63. The van der Waals surface area contributed by atoms with Gasteiger partial charge in [0.25, 0.3) is 0 Å². The van der Waals surface area contributed by atoms with Crippen molar-refractivity contribution in [3.63, 3.8) is 0 Å². The summed E-state index contributed by atoms with van der Waals surface area (Å²) in [6.45, 7) is 6.41. The maximum atomic E-state index is 12.0. The summed E-state index contributed by atoms with van der Waals surface area (Å²) in [5, 5.41) is 31.2. The average molecular weight is 371 g/mol. The first-order chi connectivity index (χ1) is 11.2. The molecule has 1 saturated heterocycles. The van der Waals surface area contributed by atoms with E-state index in [-0.39, 0.29) is 21.3 Å². The predicted octanol–water partition coefficient (Wildman–Crippen LogP) is 3.55. The molecule has 1 heterocycles. The lowest BCUT2D eigenvalue weighted by atomic mass is 9.48. The zero-order chi connectivity index (χ0) is 17.6. The quantitative estimate of drug-likeness (QED) is 0.524. The molecule has 3 nitrogen and oxygen atoms in total. The van der Waals surface area contributed by atoms with E-state index in [1.54, 1.807) is 0 Å². The van der Waals surface area contributed by atoms with E-state index >= 15 is 0 Å². The van der Waals surface area contributed by atoms with Crippen LogP contribution in [0.5, 0.6) is 0 Å². The number of allylic oxidation sites excluding steroid dienone is 3. The largest absolute Gasteiger partial charge is 0.383 e. The maximum Gasteiger partial charge on any atom is 0.152 e. The molecule has 1 fully saturated rings. The van der Waals surface area contributed by atoms with Crippen molar-refractivity contribution in [2.75, 3.05) is 11.5 Å². The summed E-state index contributed by atoms with van der Waals surface area (Å²) in [4.78, 5) is 0. The Balaban J connectivity index is 2.03. The van der Waals surface area contributed by atoms with E-state index in [1.165, 1.54) is 6.42 Å². The van der Waals surface area contributed by atoms with E-state index in [0.29, 0.717) is 6.42 Å². The zero-order valence-corrected chi connectivity index (χ0v) is 16.5. The van der Waals surface area contributed by atoms with Crippen molar-refractivity contribution in [2.24, 2.45) is 16.7 Å². The Labute approximate surface area is 154 Å². The number of rotatable bonds is 3. The Morgan fingerprint density at radius 3 is 2.54 bits per heavy atom. The molecule has 2 aliphatic carbocycles. The lowest BCUT2D eigenvalue weighted by Crippen LogP contribution is -2.62. The molecule has 0 aromatic rings. The molecule has 24 heavy (non-hydrogen) atoms. The summed E-state index contributed by atoms with van der Waals surface area (Å²) in [5.74, 6) is 2.42. The second-order valence-corrected chi connectivity index (χ2v) is 10.8. The van der Waals surface area contributed by atoms with Gasteiger partial charge in [-0.15, -0.1) is 23.5 Å². The molecular weight excluding hydrogens is 340 g/mol. The topological polar surface area (TPSA) is 60.7 Å². The molecule has 3 rings (SSSR count). The molecule has 0 spiro atoms. The van der Waals surface area contributed by atoms with Gasteiger partial charge in [-0.25, -0.2) is 0 Å². The van der Waals surface area contributed by atoms with Crippen LogP contribution in [0.4, 0.5) is 0 Å². The van der Waals surface area contributed by atoms with E-state index in [0.717, 1.165) is 29.9 Å². The number of hydrogen-bond acceptors (Lipinski definition) is 5. The van der Waals surface area contributed by atoms with Gasteiger partial charge in [0.15, 0.2) is 6.29 Å². The Hall–Kier alpha value is 0.0600. The van der Waals surface area contributed by atoms with Crippen LogP contribution >= 0.6 is 23.5 Å². The summed E-state index contributed by atoms with van der Waals surface area (Å²) < 4.78 is 0.157. The number of thioether (sulfide) groups is 2. The van der Waals surface area contributed by atoms with E-state index in [9.17, 15) is 15.3 Å². The summed E-state index contributed by atoms with van der Waals surface area (Å²) in [5.41, 5.74) is -0.351. The molecule has 1 aliphatic heterocycles. The van der Waals surface area contributed by atoms with Gasteiger partial charge in [-0.3, -0.25) is 0 Å². The smallest absolute Gasteiger partial charge is 0.152 e. The zero-order valence-electron chi connectivity index (χ0n) is 14.9. The molecule has 0 aromatic heterocycles. The van der Waals surface area contributed by atoms with Crippen LogP contribution in [0.15, 0.2) is 23.8 Å². The number of hydrogen-bond donors (Lipinski definition) is 3. The lowest BCUT2D eigenvalue weighted by Gasteiger charge is -2.61. The van der Waals surface area contributed by atoms with Gasteiger partial charge in [0.1, 0.15) is 5.60 Å². The van der Waals surface area contributed by atoms with Crippen LogP contribution in [0.25, 0.3) is 0 Å². The highest BCUT2D eigenvalue weighted by atomic mass is 32.2. The Morgan fingerprint density at radius 1 is 1.25 bits per heavy atom. The third-order valence-corrected chi connectivity index (χ3v) is 9.68. The maximum absolute atomic E-state index is 12.0. The molecule has 0 bridgehead atoms. The molecule has 3 aliphatic rings. The average Bonchev–Trinajstić information content (AvgIpc) is 2.52. The predicted molar refractivity (Wildman–Crippen MR) is 103 cm³/mol. The van der Waals surface area contributed by atoms with Gasteiger partial charge in [-0.05, 0) is 54.6 Å². The first kappa shape index (κ1) is 18.8. The third kappa shape index (κ3) is 2.81. The molecule has 0 amide bonds. The molecule has 5 heteroatoms. The number of fused-ring (bicyclic) bond motifs is 1. The fraction of sp³-hybridized carbons (Fsp3) is 0.789.